The van der Waals surface area contributed by atoms with E-state index in [2.05, 4.69) is 0 Å². The number of hydrogen-bond acceptors (Lipinski definition) is 1. The van der Waals surface area contributed by atoms with Crippen molar-refractivity contribution in [3.8, 4) is 20.9 Å². The van der Waals surface area contributed by atoms with Crippen LogP contribution in [0.4, 0.5) is 0 Å². The molecule has 2 aromatic carbocycles. The molecule has 3 rings (SSSR count). The summed E-state index contributed by atoms with van der Waals surface area (Å²) in [5, 5.41) is 1.90. The second kappa shape index (κ2) is 5.79. The van der Waals surface area contributed by atoms with Crippen molar-refractivity contribution >= 4 is 46.1 Å². The Morgan fingerprint density at radius 3 is 1.65 bits per heavy atom. The van der Waals surface area contributed by atoms with Gasteiger partial charge in [-0.1, -0.05) is 77.3 Å². The quantitative estimate of drug-likeness (QED) is 0.469. The zero-order valence-electron chi connectivity index (χ0n) is 10.2. The maximum Gasteiger partial charge on any atom is 0.0785 e. The standard InChI is InChI=1S/C16H9Cl3S/c17-12-8-6-11(7-9-12)16-14(19)13(18)15(20-16)10-4-2-1-3-5-10/h1-9H. The first kappa shape index (κ1) is 14.0. The van der Waals surface area contributed by atoms with Crippen LogP contribution >= 0.6 is 46.1 Å². The van der Waals surface area contributed by atoms with Crippen molar-refractivity contribution in [1.82, 2.24) is 0 Å². The molecule has 0 aliphatic heterocycles. The van der Waals surface area contributed by atoms with Gasteiger partial charge >= 0.3 is 0 Å². The first-order chi connectivity index (χ1) is 9.66. The lowest BCUT2D eigenvalue weighted by molar-refractivity contribution is 1.69. The molecule has 1 heterocycles. The molecule has 0 atom stereocenters. The fourth-order valence-electron chi connectivity index (χ4n) is 1.95. The van der Waals surface area contributed by atoms with E-state index in [9.17, 15) is 0 Å². The highest BCUT2D eigenvalue weighted by Gasteiger charge is 2.17. The molecule has 3 aromatic rings. The second-order valence-electron chi connectivity index (χ2n) is 4.26. The van der Waals surface area contributed by atoms with Crippen LogP contribution in [0.5, 0.6) is 0 Å². The van der Waals surface area contributed by atoms with Gasteiger partial charge in [-0.25, -0.2) is 0 Å². The Bertz CT molecular complexity index is 730. The summed E-state index contributed by atoms with van der Waals surface area (Å²) in [4.78, 5) is 1.95. The minimum absolute atomic E-state index is 0.595. The first-order valence-electron chi connectivity index (χ1n) is 5.96. The van der Waals surface area contributed by atoms with Crippen LogP contribution in [0.25, 0.3) is 20.9 Å². The van der Waals surface area contributed by atoms with Crippen molar-refractivity contribution in [1.29, 1.82) is 0 Å². The highest BCUT2D eigenvalue weighted by Crippen LogP contribution is 2.47. The molecule has 20 heavy (non-hydrogen) atoms. The molecule has 0 saturated carbocycles. The van der Waals surface area contributed by atoms with Gasteiger partial charge in [0, 0.05) is 5.02 Å². The molecular weight excluding hydrogens is 331 g/mol. The number of rotatable bonds is 2. The maximum absolute atomic E-state index is 6.38. The van der Waals surface area contributed by atoms with Crippen LogP contribution in [-0.4, -0.2) is 0 Å². The van der Waals surface area contributed by atoms with E-state index >= 15 is 0 Å². The van der Waals surface area contributed by atoms with E-state index in [1.54, 1.807) is 11.3 Å². The highest BCUT2D eigenvalue weighted by molar-refractivity contribution is 7.20. The van der Waals surface area contributed by atoms with Gasteiger partial charge in [0.15, 0.2) is 0 Å². The summed E-state index contributed by atoms with van der Waals surface area (Å²) < 4.78 is 0. The Morgan fingerprint density at radius 2 is 1.10 bits per heavy atom. The van der Waals surface area contributed by atoms with E-state index < -0.39 is 0 Å². The average Bonchev–Trinajstić information content (AvgIpc) is 2.77. The summed E-state index contributed by atoms with van der Waals surface area (Å²) in [5.74, 6) is 0. The van der Waals surface area contributed by atoms with Gasteiger partial charge in [-0.3, -0.25) is 0 Å². The molecule has 0 radical (unpaired) electrons. The van der Waals surface area contributed by atoms with Crippen LogP contribution < -0.4 is 0 Å². The molecule has 0 amide bonds. The Labute approximate surface area is 136 Å². The Morgan fingerprint density at radius 1 is 0.600 bits per heavy atom. The number of halogens is 3. The van der Waals surface area contributed by atoms with Crippen LogP contribution in [0.15, 0.2) is 54.6 Å². The Hall–Kier alpha value is -0.990. The van der Waals surface area contributed by atoms with Gasteiger partial charge in [-0.15, -0.1) is 11.3 Å². The molecule has 0 spiro atoms. The normalized spacial score (nSPS) is 10.8. The predicted octanol–water partition coefficient (Wildman–Crippen LogP) is 7.04. The monoisotopic (exact) mass is 338 g/mol. The van der Waals surface area contributed by atoms with Crippen molar-refractivity contribution in [2.45, 2.75) is 0 Å². The van der Waals surface area contributed by atoms with Gasteiger partial charge in [0.1, 0.15) is 0 Å². The highest BCUT2D eigenvalue weighted by atomic mass is 35.5. The Balaban J connectivity index is 2.13. The molecule has 0 fully saturated rings. The van der Waals surface area contributed by atoms with Crippen LogP contribution in [-0.2, 0) is 0 Å². The summed E-state index contributed by atoms with van der Waals surface area (Å²) in [5.41, 5.74) is 2.10. The molecule has 0 unspecified atom stereocenters. The molecule has 100 valence electrons. The van der Waals surface area contributed by atoms with Gasteiger partial charge in [0.25, 0.3) is 0 Å². The smallest absolute Gasteiger partial charge is 0.0785 e. The second-order valence-corrected chi connectivity index (χ2v) is 6.47. The van der Waals surface area contributed by atoms with Crippen molar-refractivity contribution < 1.29 is 0 Å². The van der Waals surface area contributed by atoms with Crippen molar-refractivity contribution in [2.24, 2.45) is 0 Å². The van der Waals surface area contributed by atoms with Crippen LogP contribution in [0.3, 0.4) is 0 Å². The van der Waals surface area contributed by atoms with Crippen LogP contribution in [0.2, 0.25) is 15.1 Å². The van der Waals surface area contributed by atoms with E-state index in [4.69, 9.17) is 34.8 Å². The molecular formula is C16H9Cl3S. The Kier molecular flexibility index (Phi) is 4.04. The van der Waals surface area contributed by atoms with E-state index in [0.717, 1.165) is 20.9 Å². The summed E-state index contributed by atoms with van der Waals surface area (Å²) >= 11 is 20.3. The first-order valence-corrected chi connectivity index (χ1v) is 7.91. The van der Waals surface area contributed by atoms with E-state index in [1.807, 2.05) is 54.6 Å². The molecule has 0 saturated heterocycles. The fraction of sp³-hybridized carbons (Fsp3) is 0. The third-order valence-corrected chi connectivity index (χ3v) is 5.55. The third kappa shape index (κ3) is 2.59. The van der Waals surface area contributed by atoms with Gasteiger partial charge < -0.3 is 0 Å². The summed E-state index contributed by atoms with van der Waals surface area (Å²) in [6.45, 7) is 0. The van der Waals surface area contributed by atoms with Crippen molar-refractivity contribution in [3.63, 3.8) is 0 Å². The molecule has 0 aliphatic carbocycles. The van der Waals surface area contributed by atoms with Crippen LogP contribution in [0, 0.1) is 0 Å². The van der Waals surface area contributed by atoms with Gasteiger partial charge in [0.2, 0.25) is 0 Å². The average molecular weight is 340 g/mol. The molecule has 4 heteroatoms. The van der Waals surface area contributed by atoms with Crippen molar-refractivity contribution in [2.75, 3.05) is 0 Å². The lowest BCUT2D eigenvalue weighted by Gasteiger charge is -1.98. The van der Waals surface area contributed by atoms with E-state index in [-0.39, 0.29) is 0 Å². The molecule has 0 nitrogen and oxygen atoms in total. The zero-order valence-corrected chi connectivity index (χ0v) is 13.3. The number of thiophene rings is 1. The molecule has 1 aromatic heterocycles. The maximum atomic E-state index is 6.38. The number of hydrogen-bond donors (Lipinski definition) is 0. The predicted molar refractivity (Wildman–Crippen MR) is 90.2 cm³/mol. The lowest BCUT2D eigenvalue weighted by atomic mass is 10.1. The van der Waals surface area contributed by atoms with E-state index in [0.29, 0.717) is 15.1 Å². The van der Waals surface area contributed by atoms with Gasteiger partial charge in [0.05, 0.1) is 19.8 Å². The molecule has 0 bridgehead atoms. The largest absolute Gasteiger partial charge is 0.132 e. The SMILES string of the molecule is Clc1ccc(-c2sc(-c3ccccc3)c(Cl)c2Cl)cc1. The number of benzene rings is 2. The topological polar surface area (TPSA) is 0 Å². The van der Waals surface area contributed by atoms with Crippen molar-refractivity contribution in [3.05, 3.63) is 69.7 Å². The summed E-state index contributed by atoms with van der Waals surface area (Å²) in [6.07, 6.45) is 0. The summed E-state index contributed by atoms with van der Waals surface area (Å²) in [7, 11) is 0. The van der Waals surface area contributed by atoms with E-state index in [1.165, 1.54) is 0 Å². The molecule has 0 aliphatic rings. The van der Waals surface area contributed by atoms with Crippen LogP contribution in [0.1, 0.15) is 0 Å². The zero-order chi connectivity index (χ0) is 14.1. The van der Waals surface area contributed by atoms with Gasteiger partial charge in [-0.2, -0.15) is 0 Å². The third-order valence-electron chi connectivity index (χ3n) is 2.94. The molecule has 0 N–H and O–H groups in total. The minimum Gasteiger partial charge on any atom is -0.132 e. The minimum atomic E-state index is 0.595. The summed E-state index contributed by atoms with van der Waals surface area (Å²) in [6, 6.07) is 17.6. The fourth-order valence-corrected chi connectivity index (χ4v) is 3.93. The van der Waals surface area contributed by atoms with Gasteiger partial charge in [-0.05, 0) is 23.3 Å². The lowest BCUT2D eigenvalue weighted by Crippen LogP contribution is -1.72.